The van der Waals surface area contributed by atoms with Crippen LogP contribution >= 0.6 is 0 Å². The molecule has 1 unspecified atom stereocenters. The average Bonchev–Trinajstić information content (AvgIpc) is 2.93. The van der Waals surface area contributed by atoms with E-state index in [4.69, 9.17) is 22.4 Å². The number of nitrogens with zero attached hydrogens (tertiary/aromatic N) is 2. The van der Waals surface area contributed by atoms with Gasteiger partial charge < -0.3 is 14.2 Å². The van der Waals surface area contributed by atoms with E-state index >= 15 is 0 Å². The zero-order valence-corrected chi connectivity index (χ0v) is 19.9. The third kappa shape index (κ3) is 5.41. The van der Waals surface area contributed by atoms with Crippen LogP contribution in [0.25, 0.3) is 0 Å². The van der Waals surface area contributed by atoms with Crippen molar-refractivity contribution in [3.63, 3.8) is 0 Å². The summed E-state index contributed by atoms with van der Waals surface area (Å²) in [6.45, 7) is -8.31. The van der Waals surface area contributed by atoms with E-state index in [1.807, 2.05) is 0 Å². The Bertz CT molecular complexity index is 1350. The Balaban J connectivity index is 0.00000506. The lowest BCUT2D eigenvalue weighted by molar-refractivity contribution is 0.0563. The smallest absolute Gasteiger partial charge is 0.203 e. The molecule has 0 amide bonds. The van der Waals surface area contributed by atoms with Gasteiger partial charge in [-0.1, -0.05) is 30.3 Å². The molecule has 1 heterocycles. The van der Waals surface area contributed by atoms with Crippen LogP contribution in [0.15, 0.2) is 60.7 Å². The van der Waals surface area contributed by atoms with Crippen molar-refractivity contribution in [3.8, 4) is 17.2 Å². The zero-order chi connectivity index (χ0) is 31.3. The minimum atomic E-state index is -3.06. The second kappa shape index (κ2) is 11.1. The van der Waals surface area contributed by atoms with Crippen LogP contribution in [0.4, 0.5) is 8.78 Å². The van der Waals surface area contributed by atoms with Crippen LogP contribution < -0.4 is 14.2 Å². The van der Waals surface area contributed by atoms with Gasteiger partial charge in [0.1, 0.15) is 11.6 Å². The number of rotatable bonds is 8. The third-order valence-electron chi connectivity index (χ3n) is 5.71. The highest BCUT2D eigenvalue weighted by Gasteiger charge is 2.32. The largest absolute Gasteiger partial charge is 0.493 e. The van der Waals surface area contributed by atoms with Crippen molar-refractivity contribution in [2.75, 3.05) is 40.8 Å². The maximum absolute atomic E-state index is 13.9. The van der Waals surface area contributed by atoms with Gasteiger partial charge in [-0.3, -0.25) is 9.80 Å². The van der Waals surface area contributed by atoms with Gasteiger partial charge in [-0.05, 0) is 48.4 Å². The molecule has 0 bridgehead atoms. The molecular formula is C28H34F2N2O3. The second-order valence-corrected chi connectivity index (χ2v) is 7.88. The van der Waals surface area contributed by atoms with Crippen molar-refractivity contribution < 1.29 is 34.0 Å². The quantitative estimate of drug-likeness (QED) is 0.413. The molecule has 1 aliphatic rings. The van der Waals surface area contributed by atoms with Crippen molar-refractivity contribution in [1.82, 2.24) is 9.80 Å². The van der Waals surface area contributed by atoms with Crippen molar-refractivity contribution in [3.05, 3.63) is 89.0 Å². The summed E-state index contributed by atoms with van der Waals surface area (Å²) in [7, 11) is 4.16. The van der Waals surface area contributed by atoms with Crippen molar-refractivity contribution in [2.24, 2.45) is 0 Å². The number of ether oxygens (including phenoxy) is 3. The standard InChI is InChI=1S/C28H32F2N2O3.H2/c1-19-17-31(18-22-9-14-25(33-2)28(35-4)27(22)34-3)15-16-32(19)26(20-5-10-23(29)11-6-20)21-7-12-24(30)13-8-21;/h5-14,19,26H,15-18H2,1-4H3;1H/i15D2,16D2,17D2,19D;1+1. The fourth-order valence-corrected chi connectivity index (χ4v) is 4.05. The van der Waals surface area contributed by atoms with Crippen molar-refractivity contribution in [2.45, 2.75) is 25.5 Å². The number of halogens is 2. The van der Waals surface area contributed by atoms with Gasteiger partial charge in [0.05, 0.1) is 27.4 Å². The Kier molecular flexibility index (Phi) is 5.46. The summed E-state index contributed by atoms with van der Waals surface area (Å²) in [5.74, 6) is -0.522. The molecule has 5 nitrogen and oxygen atoms in total. The Hall–Kier alpha value is -3.16. The lowest BCUT2D eigenvalue weighted by Crippen LogP contribution is -2.52. The summed E-state index contributed by atoms with van der Waals surface area (Å²) in [4.78, 5) is 1.45. The maximum atomic E-state index is 13.9. The molecule has 1 atom stereocenters. The maximum Gasteiger partial charge on any atom is 0.203 e. The van der Waals surface area contributed by atoms with E-state index in [2.05, 4.69) is 0 Å². The molecule has 188 valence electrons. The summed E-state index contributed by atoms with van der Waals surface area (Å²) in [5, 5.41) is 0. The SMILES string of the molecule is [2HH].[2H]C1([2H])N(Cc2ccc(OC)c(OC)c2OC)C([2H])([2H])C([2H])(C)N(C(c2ccc(F)cc2)c2ccc(F)cc2)C1([2H])[2H]. The Morgan fingerprint density at radius 1 is 0.886 bits per heavy atom. The van der Waals surface area contributed by atoms with Crippen LogP contribution in [-0.2, 0) is 6.54 Å². The van der Waals surface area contributed by atoms with E-state index in [9.17, 15) is 10.2 Å². The van der Waals surface area contributed by atoms with E-state index in [-0.39, 0.29) is 29.6 Å². The van der Waals surface area contributed by atoms with Crippen LogP contribution in [0.2, 0.25) is 0 Å². The summed E-state index contributed by atoms with van der Waals surface area (Å²) < 4.78 is 108. The normalized spacial score (nSPS) is 26.3. The molecule has 0 N–H and O–H groups in total. The van der Waals surface area contributed by atoms with Crippen LogP contribution in [-0.4, -0.2) is 56.6 Å². The highest BCUT2D eigenvalue weighted by atomic mass is 19.1. The van der Waals surface area contributed by atoms with Gasteiger partial charge in [-0.15, -0.1) is 0 Å². The fourth-order valence-electron chi connectivity index (χ4n) is 4.05. The van der Waals surface area contributed by atoms with E-state index in [1.165, 1.54) is 57.7 Å². The minimum absolute atomic E-state index is 0. The molecule has 1 aliphatic heterocycles. The zero-order valence-electron chi connectivity index (χ0n) is 26.9. The average molecular weight is 493 g/mol. The molecule has 0 spiro atoms. The van der Waals surface area contributed by atoms with Gasteiger partial charge in [0, 0.05) is 48.6 Å². The van der Waals surface area contributed by atoms with Gasteiger partial charge in [-0.25, -0.2) is 8.78 Å². The summed E-state index contributed by atoms with van der Waals surface area (Å²) in [6.07, 6.45) is 0. The van der Waals surface area contributed by atoms with E-state index < -0.39 is 49.7 Å². The van der Waals surface area contributed by atoms with Crippen LogP contribution in [0.1, 0.15) is 40.7 Å². The van der Waals surface area contributed by atoms with Gasteiger partial charge in [0.2, 0.25) is 5.75 Å². The molecule has 0 radical (unpaired) electrons. The first-order valence-corrected chi connectivity index (χ1v) is 10.9. The molecule has 4 rings (SSSR count). The lowest BCUT2D eigenvalue weighted by atomic mass is 9.94. The monoisotopic (exact) mass is 492 g/mol. The number of hydrogen-bond donors (Lipinski definition) is 0. The molecule has 7 heteroatoms. The van der Waals surface area contributed by atoms with E-state index in [0.717, 1.165) is 36.1 Å². The summed E-state index contributed by atoms with van der Waals surface area (Å²) in [6, 6.07) is 9.20. The molecule has 0 aromatic heterocycles. The molecule has 3 aromatic rings. The highest BCUT2D eigenvalue weighted by molar-refractivity contribution is 5.55. The number of hydrogen-bond acceptors (Lipinski definition) is 5. The van der Waals surface area contributed by atoms with Crippen LogP contribution in [0, 0.1) is 11.6 Å². The van der Waals surface area contributed by atoms with Crippen molar-refractivity contribution in [1.29, 1.82) is 0 Å². The lowest BCUT2D eigenvalue weighted by Gasteiger charge is -2.44. The predicted octanol–water partition coefficient (Wildman–Crippen LogP) is 5.53. The van der Waals surface area contributed by atoms with Crippen molar-refractivity contribution >= 4 is 0 Å². The predicted molar refractivity (Wildman–Crippen MR) is 134 cm³/mol. The van der Waals surface area contributed by atoms with Crippen LogP contribution in [0.5, 0.6) is 17.2 Å². The second-order valence-electron chi connectivity index (χ2n) is 7.88. The third-order valence-corrected chi connectivity index (χ3v) is 5.71. The van der Waals surface area contributed by atoms with Crippen LogP contribution in [0.3, 0.4) is 0 Å². The molecular weight excluding hydrogens is 450 g/mol. The molecule has 3 aromatic carbocycles. The van der Waals surface area contributed by atoms with Gasteiger partial charge in [0.15, 0.2) is 11.5 Å². The Morgan fingerprint density at radius 2 is 1.46 bits per heavy atom. The molecule has 35 heavy (non-hydrogen) atoms. The number of methoxy groups -OCH3 is 3. The van der Waals surface area contributed by atoms with E-state index in [1.54, 1.807) is 0 Å². The number of benzene rings is 3. The Labute approximate surface area is 217 Å². The minimum Gasteiger partial charge on any atom is -0.493 e. The molecule has 1 fully saturated rings. The first-order valence-electron chi connectivity index (χ1n) is 14.4. The molecule has 1 saturated heterocycles. The number of piperazine rings is 1. The van der Waals surface area contributed by atoms with Gasteiger partial charge in [0.25, 0.3) is 0 Å². The van der Waals surface area contributed by atoms with Gasteiger partial charge in [-0.2, -0.15) is 0 Å². The first-order chi connectivity index (χ1) is 19.6. The summed E-state index contributed by atoms with van der Waals surface area (Å²) >= 11 is 0. The molecule has 0 aliphatic carbocycles. The Morgan fingerprint density at radius 3 is 1.97 bits per heavy atom. The van der Waals surface area contributed by atoms with E-state index in [0.29, 0.717) is 10.6 Å². The molecule has 0 saturated carbocycles. The summed E-state index contributed by atoms with van der Waals surface area (Å²) in [5.41, 5.74) is 0.774. The fraction of sp³-hybridized carbons (Fsp3) is 0.357. The topological polar surface area (TPSA) is 34.2 Å². The van der Waals surface area contributed by atoms with Gasteiger partial charge >= 0.3 is 0 Å². The first kappa shape index (κ1) is 17.3. The highest BCUT2D eigenvalue weighted by Crippen LogP contribution is 2.40.